The molecule has 0 saturated heterocycles. The van der Waals surface area contributed by atoms with Crippen molar-refractivity contribution in [3.8, 4) is 5.75 Å². The fraction of sp³-hybridized carbons (Fsp3) is 0.560. The van der Waals surface area contributed by atoms with Crippen molar-refractivity contribution >= 4 is 17.6 Å². The highest BCUT2D eigenvalue weighted by Crippen LogP contribution is 2.34. The van der Waals surface area contributed by atoms with E-state index in [1.165, 1.54) is 29.6 Å². The number of likely N-dealkylation sites (N-methyl/N-ethyl adjacent to an activating group) is 1. The third-order valence-electron chi connectivity index (χ3n) is 6.81. The number of allylic oxidation sites excluding steroid dienone is 3. The lowest BCUT2D eigenvalue weighted by molar-refractivity contribution is -0.145. The van der Waals surface area contributed by atoms with Gasteiger partial charge in [-0.1, -0.05) is 19.9 Å². The molecule has 9 nitrogen and oxygen atoms in total. The van der Waals surface area contributed by atoms with Crippen LogP contribution in [-0.2, 0) is 16.1 Å². The number of aromatic hydroxyl groups is 1. The molecule has 0 bridgehead atoms. The van der Waals surface area contributed by atoms with E-state index in [4.69, 9.17) is 0 Å². The van der Waals surface area contributed by atoms with Crippen molar-refractivity contribution in [3.05, 3.63) is 45.4 Å². The normalized spacial score (nSPS) is 22.7. The zero-order chi connectivity index (χ0) is 26.0. The number of fused-ring (bicyclic) bond motifs is 1. The minimum Gasteiger partial charge on any atom is -0.501 e. The van der Waals surface area contributed by atoms with Crippen molar-refractivity contribution in [2.45, 2.75) is 52.5 Å². The van der Waals surface area contributed by atoms with Gasteiger partial charge in [-0.3, -0.25) is 23.7 Å². The number of nitrogens with zero attached hydrogens (tertiary/aromatic N) is 3. The number of carbonyl (C=O) groups excluding carboxylic acids is 3. The Labute approximate surface area is 203 Å². The van der Waals surface area contributed by atoms with Crippen LogP contribution in [0.15, 0.2) is 28.3 Å². The molecule has 10 heteroatoms. The summed E-state index contributed by atoms with van der Waals surface area (Å²) in [6, 6.07) is 0. The molecule has 35 heavy (non-hydrogen) atoms. The summed E-state index contributed by atoms with van der Waals surface area (Å²) in [6.07, 6.45) is 4.77. The number of aromatic nitrogens is 2. The topological polar surface area (TPSA) is 122 Å². The van der Waals surface area contributed by atoms with Gasteiger partial charge in [-0.25, -0.2) is 9.37 Å². The molecule has 1 aromatic heterocycles. The monoisotopic (exact) mass is 488 g/mol. The summed E-state index contributed by atoms with van der Waals surface area (Å²) in [6.45, 7) is 5.67. The van der Waals surface area contributed by atoms with Crippen LogP contribution in [0.5, 0.6) is 5.75 Å². The third-order valence-corrected chi connectivity index (χ3v) is 6.81. The number of nitrogens with one attached hydrogen (secondary N) is 1. The smallest absolute Gasteiger partial charge is 0.296 e. The Bertz CT molecular complexity index is 1150. The second-order valence-corrected chi connectivity index (χ2v) is 9.83. The lowest BCUT2D eigenvalue weighted by atomic mass is 9.84. The average molecular weight is 489 g/mol. The average Bonchev–Trinajstić information content (AvgIpc) is 2.98. The molecule has 2 amide bonds. The summed E-state index contributed by atoms with van der Waals surface area (Å²) in [5, 5.41) is 13.2. The summed E-state index contributed by atoms with van der Waals surface area (Å²) >= 11 is 0. The highest BCUT2D eigenvalue weighted by molar-refractivity contribution is 6.36. The van der Waals surface area contributed by atoms with Crippen LogP contribution in [0.3, 0.4) is 0 Å². The molecule has 2 N–H and O–H groups in total. The summed E-state index contributed by atoms with van der Waals surface area (Å²) < 4.78 is 14.9. The van der Waals surface area contributed by atoms with Gasteiger partial charge in [0.1, 0.15) is 11.7 Å². The SMILES string of the molecule is CC1=CC(CNC(=O)c2nc3n(c(=O)c2O)CC(C)CCC3C(C)C(=O)C(=O)N(C)C)CC=C1F. The lowest BCUT2D eigenvalue weighted by Crippen LogP contribution is -2.38. The zero-order valence-electron chi connectivity index (χ0n) is 20.8. The van der Waals surface area contributed by atoms with Gasteiger partial charge < -0.3 is 15.3 Å². The maximum Gasteiger partial charge on any atom is 0.296 e. The van der Waals surface area contributed by atoms with Gasteiger partial charge in [0, 0.05) is 39.0 Å². The Kier molecular flexibility index (Phi) is 7.92. The molecular formula is C25H33FN4O5. The first-order valence-electron chi connectivity index (χ1n) is 11.8. The predicted molar refractivity (Wildman–Crippen MR) is 128 cm³/mol. The van der Waals surface area contributed by atoms with Crippen molar-refractivity contribution in [1.29, 1.82) is 0 Å². The first kappa shape index (κ1) is 26.3. The fourth-order valence-corrected chi connectivity index (χ4v) is 4.61. The highest BCUT2D eigenvalue weighted by Gasteiger charge is 2.37. The van der Waals surface area contributed by atoms with E-state index in [2.05, 4.69) is 10.3 Å². The van der Waals surface area contributed by atoms with E-state index >= 15 is 0 Å². The Hall–Kier alpha value is -3.30. The second-order valence-electron chi connectivity index (χ2n) is 9.83. The molecule has 1 aromatic rings. The molecule has 0 radical (unpaired) electrons. The molecule has 1 aliphatic heterocycles. The molecule has 3 rings (SSSR count). The number of carbonyl (C=O) groups is 3. The Morgan fingerprint density at radius 2 is 2.00 bits per heavy atom. The molecule has 2 heterocycles. The molecule has 2 aliphatic rings. The molecule has 190 valence electrons. The molecule has 0 spiro atoms. The van der Waals surface area contributed by atoms with Crippen LogP contribution in [-0.4, -0.2) is 57.8 Å². The molecule has 1 aliphatic carbocycles. The van der Waals surface area contributed by atoms with Crippen LogP contribution in [0.1, 0.15) is 62.3 Å². The Morgan fingerprint density at radius 3 is 2.63 bits per heavy atom. The van der Waals surface area contributed by atoms with Crippen LogP contribution in [0.4, 0.5) is 4.39 Å². The van der Waals surface area contributed by atoms with E-state index in [-0.39, 0.29) is 36.6 Å². The van der Waals surface area contributed by atoms with E-state index in [0.717, 1.165) is 0 Å². The Balaban J connectivity index is 1.94. The van der Waals surface area contributed by atoms with Crippen molar-refractivity contribution < 1.29 is 23.9 Å². The molecular weight excluding hydrogens is 455 g/mol. The molecule has 0 saturated carbocycles. The van der Waals surface area contributed by atoms with Gasteiger partial charge in [0.2, 0.25) is 11.5 Å². The summed E-state index contributed by atoms with van der Waals surface area (Å²) in [5.41, 5.74) is -0.684. The van der Waals surface area contributed by atoms with Crippen molar-refractivity contribution in [1.82, 2.24) is 19.8 Å². The van der Waals surface area contributed by atoms with E-state index in [0.29, 0.717) is 24.8 Å². The lowest BCUT2D eigenvalue weighted by Gasteiger charge is -2.24. The van der Waals surface area contributed by atoms with Gasteiger partial charge in [0.25, 0.3) is 17.4 Å². The highest BCUT2D eigenvalue weighted by atomic mass is 19.1. The molecule has 4 unspecified atom stereocenters. The van der Waals surface area contributed by atoms with E-state index in [9.17, 15) is 28.7 Å². The van der Waals surface area contributed by atoms with Gasteiger partial charge in [-0.05, 0) is 49.7 Å². The van der Waals surface area contributed by atoms with E-state index < -0.39 is 46.4 Å². The van der Waals surface area contributed by atoms with Crippen LogP contribution >= 0.6 is 0 Å². The van der Waals surface area contributed by atoms with Gasteiger partial charge in [0.05, 0.1) is 0 Å². The van der Waals surface area contributed by atoms with Crippen molar-refractivity contribution in [2.24, 2.45) is 17.8 Å². The number of hydrogen-bond acceptors (Lipinski definition) is 6. The number of rotatable bonds is 6. The van der Waals surface area contributed by atoms with Gasteiger partial charge in [-0.2, -0.15) is 0 Å². The van der Waals surface area contributed by atoms with Crippen molar-refractivity contribution in [2.75, 3.05) is 20.6 Å². The van der Waals surface area contributed by atoms with Crippen LogP contribution in [0, 0.1) is 17.8 Å². The van der Waals surface area contributed by atoms with Crippen LogP contribution in [0.2, 0.25) is 0 Å². The van der Waals surface area contributed by atoms with Crippen LogP contribution in [0.25, 0.3) is 0 Å². The van der Waals surface area contributed by atoms with Gasteiger partial charge in [-0.15, -0.1) is 0 Å². The number of Topliss-reactive ketones (excluding diaryl/α,β-unsaturated/α-hetero) is 1. The largest absolute Gasteiger partial charge is 0.501 e. The summed E-state index contributed by atoms with van der Waals surface area (Å²) in [4.78, 5) is 56.7. The molecule has 4 atom stereocenters. The van der Waals surface area contributed by atoms with Gasteiger partial charge >= 0.3 is 0 Å². The van der Waals surface area contributed by atoms with Gasteiger partial charge in [0.15, 0.2) is 5.69 Å². The standard InChI is InChI=1S/C25H33FN4O5/c1-13-6-8-17(15(3)20(31)24(34)29(4)5)22-28-19(21(32)25(35)30(22)12-13)23(33)27-11-16-7-9-18(26)14(2)10-16/h9-10,13,15-17,32H,6-8,11-12H2,1-5H3,(H,27,33). The second kappa shape index (κ2) is 10.5. The maximum absolute atomic E-state index is 13.6. The van der Waals surface area contributed by atoms with Crippen LogP contribution < -0.4 is 10.9 Å². The number of ketones is 1. The third kappa shape index (κ3) is 5.52. The summed E-state index contributed by atoms with van der Waals surface area (Å²) in [5.74, 6) is -4.23. The minimum atomic E-state index is -0.772. The predicted octanol–water partition coefficient (Wildman–Crippen LogP) is 2.31. The molecule has 0 aromatic carbocycles. The number of hydrogen-bond donors (Lipinski definition) is 2. The van der Waals surface area contributed by atoms with E-state index in [1.54, 1.807) is 19.9 Å². The Morgan fingerprint density at radius 1 is 1.31 bits per heavy atom. The first-order valence-corrected chi connectivity index (χ1v) is 11.8. The fourth-order valence-electron chi connectivity index (χ4n) is 4.61. The first-order chi connectivity index (χ1) is 16.4. The summed E-state index contributed by atoms with van der Waals surface area (Å²) in [7, 11) is 2.99. The maximum atomic E-state index is 13.6. The molecule has 0 fully saturated rings. The number of halogens is 1. The van der Waals surface area contributed by atoms with E-state index in [1.807, 2.05) is 6.92 Å². The minimum absolute atomic E-state index is 0.0685. The number of amides is 2. The zero-order valence-corrected chi connectivity index (χ0v) is 20.8. The quantitative estimate of drug-likeness (QED) is 0.593. The van der Waals surface area contributed by atoms with Crippen molar-refractivity contribution in [3.63, 3.8) is 0 Å².